The molecule has 3 rings (SSSR count). The summed E-state index contributed by atoms with van der Waals surface area (Å²) in [7, 11) is -3.57. The number of anilines is 1. The van der Waals surface area contributed by atoms with Crippen molar-refractivity contribution in [1.82, 2.24) is 9.88 Å². The zero-order chi connectivity index (χ0) is 20.9. The molecule has 2 N–H and O–H groups in total. The van der Waals surface area contributed by atoms with Crippen molar-refractivity contribution in [2.45, 2.75) is 24.5 Å². The monoisotopic (exact) mass is 431 g/mol. The van der Waals surface area contributed by atoms with Crippen molar-refractivity contribution in [3.8, 4) is 0 Å². The number of carbonyl (C=O) groups is 1. The van der Waals surface area contributed by atoms with Gasteiger partial charge in [-0.2, -0.15) is 0 Å². The third-order valence-electron chi connectivity index (χ3n) is 4.00. The molecule has 0 spiro atoms. The van der Waals surface area contributed by atoms with Gasteiger partial charge in [0.15, 0.2) is 5.76 Å². The van der Waals surface area contributed by atoms with Crippen LogP contribution in [0.4, 0.5) is 5.69 Å². The summed E-state index contributed by atoms with van der Waals surface area (Å²) in [6.45, 7) is 3.46. The Morgan fingerprint density at radius 3 is 2.66 bits per heavy atom. The van der Waals surface area contributed by atoms with E-state index in [2.05, 4.69) is 15.2 Å². The summed E-state index contributed by atoms with van der Waals surface area (Å²) in [5.41, 5.74) is 2.14. The van der Waals surface area contributed by atoms with Crippen LogP contribution in [0.3, 0.4) is 0 Å². The van der Waals surface area contributed by atoms with Gasteiger partial charge in [-0.1, -0.05) is 35.5 Å². The van der Waals surface area contributed by atoms with Gasteiger partial charge in [0.05, 0.1) is 0 Å². The summed E-state index contributed by atoms with van der Waals surface area (Å²) in [6.07, 6.45) is 3.99. The molecule has 2 aromatic heterocycles. The zero-order valence-electron chi connectivity index (χ0n) is 16.0. The van der Waals surface area contributed by atoms with Crippen molar-refractivity contribution in [3.05, 3.63) is 64.4 Å². The number of thiophene rings is 1. The highest BCUT2D eigenvalue weighted by Crippen LogP contribution is 2.26. The fourth-order valence-corrected chi connectivity index (χ4v) is 4.91. The highest BCUT2D eigenvalue weighted by atomic mass is 32.2. The van der Waals surface area contributed by atoms with Crippen LogP contribution >= 0.6 is 11.3 Å². The molecule has 9 heteroatoms. The van der Waals surface area contributed by atoms with Gasteiger partial charge in [0, 0.05) is 18.3 Å². The molecule has 0 unspecified atom stereocenters. The third-order valence-corrected chi connectivity index (χ3v) is 7.01. The van der Waals surface area contributed by atoms with E-state index in [0.29, 0.717) is 30.1 Å². The van der Waals surface area contributed by atoms with E-state index in [0.717, 1.165) is 21.8 Å². The molecule has 0 saturated carbocycles. The standard InChI is InChI=1S/C20H21N3O4S2/c1-14-20(22-15(2)24)18(27-23-14)10-8-17-9-11-19(28-17)29(25,26)21-13-12-16-6-4-3-5-7-16/h3-11,21H,12-13H2,1-2H3,(H,22,24). The van der Waals surface area contributed by atoms with E-state index < -0.39 is 10.0 Å². The topological polar surface area (TPSA) is 101 Å². The lowest BCUT2D eigenvalue weighted by atomic mass is 10.2. The fraction of sp³-hybridized carbons (Fsp3) is 0.200. The van der Waals surface area contributed by atoms with Gasteiger partial charge in [-0.15, -0.1) is 11.3 Å². The molecule has 1 amide bonds. The molecular weight excluding hydrogens is 410 g/mol. The van der Waals surface area contributed by atoms with Crippen LogP contribution < -0.4 is 10.0 Å². The summed E-state index contributed by atoms with van der Waals surface area (Å²) in [5.74, 6) is 0.175. The molecule has 0 bridgehead atoms. The number of rotatable bonds is 8. The summed E-state index contributed by atoms with van der Waals surface area (Å²) in [6, 6.07) is 13.0. The second kappa shape index (κ2) is 9.17. The first-order chi connectivity index (χ1) is 13.8. The van der Waals surface area contributed by atoms with Gasteiger partial charge in [-0.25, -0.2) is 13.1 Å². The van der Waals surface area contributed by atoms with E-state index in [1.165, 1.54) is 6.92 Å². The molecule has 0 aliphatic carbocycles. The number of sulfonamides is 1. The number of aryl methyl sites for hydroxylation is 1. The quantitative estimate of drug-likeness (QED) is 0.566. The minimum absolute atomic E-state index is 0.225. The highest BCUT2D eigenvalue weighted by Gasteiger charge is 2.16. The Morgan fingerprint density at radius 2 is 1.93 bits per heavy atom. The number of aromatic nitrogens is 1. The largest absolute Gasteiger partial charge is 0.354 e. The van der Waals surface area contributed by atoms with Gasteiger partial charge in [0.2, 0.25) is 15.9 Å². The Morgan fingerprint density at radius 1 is 1.17 bits per heavy atom. The zero-order valence-corrected chi connectivity index (χ0v) is 17.6. The van der Waals surface area contributed by atoms with E-state index in [9.17, 15) is 13.2 Å². The van der Waals surface area contributed by atoms with Crippen LogP contribution in [0.5, 0.6) is 0 Å². The second-order valence-corrected chi connectivity index (χ2v) is 9.42. The number of nitrogens with zero attached hydrogens (tertiary/aromatic N) is 1. The first-order valence-corrected chi connectivity index (χ1v) is 11.2. The van der Waals surface area contributed by atoms with Gasteiger partial charge in [0.1, 0.15) is 15.6 Å². The normalized spacial score (nSPS) is 11.8. The Balaban J connectivity index is 1.65. The van der Waals surface area contributed by atoms with E-state index in [1.54, 1.807) is 31.2 Å². The fourth-order valence-electron chi connectivity index (χ4n) is 2.60. The Labute approximate surface area is 173 Å². The molecule has 0 atom stereocenters. The minimum Gasteiger partial charge on any atom is -0.354 e. The van der Waals surface area contributed by atoms with E-state index in [-0.39, 0.29) is 10.1 Å². The number of hydrogen-bond acceptors (Lipinski definition) is 6. The average Bonchev–Trinajstić information content (AvgIpc) is 3.29. The Hall–Kier alpha value is -2.75. The first kappa shape index (κ1) is 21.0. The second-order valence-electron chi connectivity index (χ2n) is 6.31. The molecule has 2 heterocycles. The van der Waals surface area contributed by atoms with Crippen molar-refractivity contribution in [3.63, 3.8) is 0 Å². The van der Waals surface area contributed by atoms with Crippen molar-refractivity contribution in [1.29, 1.82) is 0 Å². The molecule has 1 aromatic carbocycles. The molecule has 0 fully saturated rings. The molecular formula is C20H21N3O4S2. The van der Waals surface area contributed by atoms with Crippen molar-refractivity contribution in [2.24, 2.45) is 0 Å². The summed E-state index contributed by atoms with van der Waals surface area (Å²) >= 11 is 1.15. The Bertz CT molecular complexity index is 1120. The van der Waals surface area contributed by atoms with Crippen LogP contribution in [0.25, 0.3) is 12.2 Å². The lowest BCUT2D eigenvalue weighted by Gasteiger charge is -2.04. The molecule has 0 saturated heterocycles. The van der Waals surface area contributed by atoms with Crippen molar-refractivity contribution in [2.75, 3.05) is 11.9 Å². The first-order valence-electron chi connectivity index (χ1n) is 8.90. The molecule has 7 nitrogen and oxygen atoms in total. The lowest BCUT2D eigenvalue weighted by molar-refractivity contribution is -0.114. The number of hydrogen-bond donors (Lipinski definition) is 2. The summed E-state index contributed by atoms with van der Waals surface area (Å²) in [5, 5.41) is 6.52. The van der Waals surface area contributed by atoms with Crippen molar-refractivity contribution < 1.29 is 17.7 Å². The number of amides is 1. The third kappa shape index (κ3) is 5.63. The van der Waals surface area contributed by atoms with Crippen LogP contribution in [0.1, 0.15) is 28.8 Å². The summed E-state index contributed by atoms with van der Waals surface area (Å²) < 4.78 is 33.1. The van der Waals surface area contributed by atoms with Gasteiger partial charge in [-0.3, -0.25) is 4.79 Å². The molecule has 0 aliphatic heterocycles. The maximum atomic E-state index is 12.5. The molecule has 152 valence electrons. The maximum Gasteiger partial charge on any atom is 0.250 e. The number of nitrogens with one attached hydrogen (secondary N) is 2. The molecule has 3 aromatic rings. The maximum absolute atomic E-state index is 12.5. The minimum atomic E-state index is -3.57. The average molecular weight is 432 g/mol. The van der Waals surface area contributed by atoms with E-state index in [1.807, 2.05) is 30.3 Å². The van der Waals surface area contributed by atoms with Crippen LogP contribution in [0, 0.1) is 6.92 Å². The predicted octanol–water partition coefficient (Wildman–Crippen LogP) is 3.69. The van der Waals surface area contributed by atoms with Gasteiger partial charge < -0.3 is 9.84 Å². The highest BCUT2D eigenvalue weighted by molar-refractivity contribution is 7.91. The van der Waals surface area contributed by atoms with E-state index >= 15 is 0 Å². The molecule has 0 radical (unpaired) electrons. The predicted molar refractivity (Wildman–Crippen MR) is 114 cm³/mol. The smallest absolute Gasteiger partial charge is 0.250 e. The van der Waals surface area contributed by atoms with Gasteiger partial charge >= 0.3 is 0 Å². The Kier molecular flexibility index (Phi) is 6.63. The SMILES string of the molecule is CC(=O)Nc1c(C)noc1C=Cc1ccc(S(=O)(=O)NCCc2ccccc2)s1. The molecule has 0 aliphatic rings. The number of carbonyl (C=O) groups excluding carboxylic acids is 1. The lowest BCUT2D eigenvalue weighted by Crippen LogP contribution is -2.25. The van der Waals surface area contributed by atoms with Crippen LogP contribution in [0.15, 0.2) is 51.2 Å². The summed E-state index contributed by atoms with van der Waals surface area (Å²) in [4.78, 5) is 12.0. The van der Waals surface area contributed by atoms with Crippen LogP contribution in [-0.2, 0) is 21.2 Å². The molecule has 29 heavy (non-hydrogen) atoms. The van der Waals surface area contributed by atoms with E-state index in [4.69, 9.17) is 4.52 Å². The van der Waals surface area contributed by atoms with Gasteiger partial charge in [-0.05, 0) is 43.2 Å². The van der Waals surface area contributed by atoms with Crippen LogP contribution in [-0.4, -0.2) is 26.0 Å². The van der Waals surface area contributed by atoms with Gasteiger partial charge in [0.25, 0.3) is 0 Å². The van der Waals surface area contributed by atoms with Crippen LogP contribution in [0.2, 0.25) is 0 Å². The number of benzene rings is 1. The van der Waals surface area contributed by atoms with Crippen molar-refractivity contribution >= 4 is 45.1 Å².